The number of carbonyl (C=O) groups is 2. The second-order valence-electron chi connectivity index (χ2n) is 15.6. The van der Waals surface area contributed by atoms with E-state index in [1.807, 2.05) is 141 Å². The van der Waals surface area contributed by atoms with Crippen LogP contribution >= 0.6 is 0 Å². The third-order valence-corrected chi connectivity index (χ3v) is 14.2. The van der Waals surface area contributed by atoms with Crippen molar-refractivity contribution < 1.29 is 29.0 Å². The Morgan fingerprint density at radius 3 is 2.23 bits per heavy atom. The second-order valence-corrected chi connectivity index (χ2v) is 19.6. The molecule has 0 bridgehead atoms. The highest BCUT2D eigenvalue weighted by atomic mass is 28.4. The quantitative estimate of drug-likeness (QED) is 0.141. The van der Waals surface area contributed by atoms with E-state index in [1.165, 1.54) is 0 Å². The zero-order valence-corrected chi connectivity index (χ0v) is 32.9. The molecule has 9 rings (SSSR count). The van der Waals surface area contributed by atoms with Crippen molar-refractivity contribution in [3.05, 3.63) is 156 Å². The Balaban J connectivity index is 1.13. The lowest BCUT2D eigenvalue weighted by Crippen LogP contribution is -2.45. The first-order valence-corrected chi connectivity index (χ1v) is 22.3. The van der Waals surface area contributed by atoms with Gasteiger partial charge < -0.3 is 19.4 Å². The van der Waals surface area contributed by atoms with Crippen LogP contribution in [0, 0.1) is 5.92 Å². The summed E-state index contributed by atoms with van der Waals surface area (Å²) in [6.07, 6.45) is 1.78. The zero-order valence-electron chi connectivity index (χ0n) is 31.9. The lowest BCUT2D eigenvalue weighted by atomic mass is 9.82. The van der Waals surface area contributed by atoms with Gasteiger partial charge in [-0.2, -0.15) is 0 Å². The van der Waals surface area contributed by atoms with Crippen LogP contribution < -0.4 is 14.5 Å². The van der Waals surface area contributed by atoms with Crippen molar-refractivity contribution in [2.75, 3.05) is 16.4 Å². The molecular formula is C45H43N5O6Si. The molecule has 5 atom stereocenters. The van der Waals surface area contributed by atoms with Crippen molar-refractivity contribution in [2.24, 2.45) is 5.92 Å². The van der Waals surface area contributed by atoms with E-state index in [0.29, 0.717) is 64.0 Å². The number of carbonyl (C=O) groups excluding carboxylic acids is 2. The number of aryl methyl sites for hydroxylation is 1. The van der Waals surface area contributed by atoms with E-state index < -0.39 is 25.9 Å². The largest absolute Gasteiger partial charge is 0.454 e. The summed E-state index contributed by atoms with van der Waals surface area (Å²) < 4.78 is 15.2. The molecule has 3 aliphatic rings. The highest BCUT2D eigenvalue weighted by Crippen LogP contribution is 2.61. The van der Waals surface area contributed by atoms with Crippen LogP contribution in [0.3, 0.4) is 0 Å². The Morgan fingerprint density at radius 1 is 0.807 bits per heavy atom. The van der Waals surface area contributed by atoms with Crippen LogP contribution in [0.15, 0.2) is 134 Å². The predicted molar refractivity (Wildman–Crippen MR) is 219 cm³/mol. The van der Waals surface area contributed by atoms with Gasteiger partial charge in [0.05, 0.1) is 41.3 Å². The minimum Gasteiger partial charge on any atom is -0.454 e. The van der Waals surface area contributed by atoms with Gasteiger partial charge in [0, 0.05) is 41.1 Å². The molecule has 2 amide bonds. The molecule has 0 aliphatic carbocycles. The molecule has 1 spiro atoms. The van der Waals surface area contributed by atoms with E-state index in [2.05, 4.69) is 10.3 Å². The minimum atomic E-state index is -3.00. The Kier molecular flexibility index (Phi) is 9.16. The maximum atomic E-state index is 15.3. The molecule has 4 heterocycles. The van der Waals surface area contributed by atoms with Gasteiger partial charge in [-0.05, 0) is 79.7 Å². The molecule has 1 aromatic heterocycles. The summed E-state index contributed by atoms with van der Waals surface area (Å²) in [5, 5.41) is 19.1. The van der Waals surface area contributed by atoms with Gasteiger partial charge in [-0.1, -0.05) is 84.9 Å². The van der Waals surface area contributed by atoms with Gasteiger partial charge in [-0.25, -0.2) is 0 Å². The molecule has 5 aromatic carbocycles. The monoisotopic (exact) mass is 777 g/mol. The Bertz CT molecular complexity index is 2470. The number of anilines is 4. The number of aliphatic hydroxyl groups excluding tert-OH is 1. The molecule has 6 aromatic rings. The zero-order chi connectivity index (χ0) is 39.5. The number of para-hydroxylation sites is 4. The van der Waals surface area contributed by atoms with E-state index in [0.717, 1.165) is 5.56 Å². The summed E-state index contributed by atoms with van der Waals surface area (Å²) in [5.41, 5.74) is 3.29. The minimum absolute atomic E-state index is 0.115. The fourth-order valence-corrected chi connectivity index (χ4v) is 11.8. The highest BCUT2D eigenvalue weighted by Gasteiger charge is 2.66. The number of rotatable bonds is 9. The number of aromatic nitrogens is 3. The summed E-state index contributed by atoms with van der Waals surface area (Å²) >= 11 is 0. The molecule has 57 heavy (non-hydrogen) atoms. The average molecular weight is 778 g/mol. The number of hydrogen-bond acceptors (Lipinski definition) is 8. The van der Waals surface area contributed by atoms with Crippen LogP contribution in [0.5, 0.6) is 11.5 Å². The third kappa shape index (κ3) is 6.07. The van der Waals surface area contributed by atoms with Crippen LogP contribution in [0.4, 0.5) is 22.7 Å². The molecule has 1 unspecified atom stereocenters. The molecule has 3 aliphatic heterocycles. The summed E-state index contributed by atoms with van der Waals surface area (Å²) in [4.78, 5) is 45.1. The normalized spacial score (nSPS) is 21.9. The van der Waals surface area contributed by atoms with Crippen LogP contribution in [0.25, 0.3) is 0 Å². The van der Waals surface area contributed by atoms with E-state index in [4.69, 9.17) is 9.47 Å². The predicted octanol–water partition coefficient (Wildman–Crippen LogP) is 8.05. The first-order chi connectivity index (χ1) is 27.6. The van der Waals surface area contributed by atoms with E-state index >= 15 is 4.79 Å². The number of aliphatic hydroxyl groups is 1. The standard InChI is InChI=1S/C45H43N5O6Si/c1-29-42(57(2,3)54)41(24-25-48-27-36(46-47-48)34(28-51)30-14-6-4-7-15-30)56-45(29)35-26-32(22-23-37(35)50(44(45)53)31-16-8-5-9-17-31)49-38-19-11-13-21-40(38)55-39-20-12-10-18-33(39)43(49)52/h4-23,26-27,29,34,41-42,51,54H,24-25,28H2,1-3H3/t29-,34?,41+,42-,45+/m1/s1. The van der Waals surface area contributed by atoms with Crippen LogP contribution in [0.1, 0.15) is 46.4 Å². The molecule has 12 heteroatoms. The number of hydrogen-bond donors (Lipinski definition) is 2. The van der Waals surface area contributed by atoms with E-state index in [9.17, 15) is 14.7 Å². The first-order valence-electron chi connectivity index (χ1n) is 19.3. The third-order valence-electron chi connectivity index (χ3n) is 11.7. The van der Waals surface area contributed by atoms with Crippen molar-refractivity contribution in [1.29, 1.82) is 0 Å². The molecular weight excluding hydrogens is 735 g/mol. The smallest absolute Gasteiger partial charge is 0.268 e. The fraction of sp³-hybridized carbons (Fsp3) is 0.244. The SMILES string of the molecule is C[C@@H]1[C@@H]([Si](C)(C)O)[C@H](CCn2cc(C(CO)c3ccccc3)nn2)O[C@@]12C(=O)N(c1ccccc1)c1ccc(N3C(=O)c4ccccc4Oc4ccccc43)cc12. The van der Waals surface area contributed by atoms with Crippen molar-refractivity contribution in [3.63, 3.8) is 0 Å². The highest BCUT2D eigenvalue weighted by molar-refractivity contribution is 6.71. The van der Waals surface area contributed by atoms with E-state index in [-0.39, 0.29) is 29.9 Å². The topological polar surface area (TPSA) is 130 Å². The number of nitrogens with zero attached hydrogens (tertiary/aromatic N) is 5. The van der Waals surface area contributed by atoms with Gasteiger partial charge in [0.2, 0.25) is 0 Å². The van der Waals surface area contributed by atoms with Crippen molar-refractivity contribution in [2.45, 2.75) is 56.1 Å². The van der Waals surface area contributed by atoms with Crippen molar-refractivity contribution in [1.82, 2.24) is 15.0 Å². The van der Waals surface area contributed by atoms with Crippen LogP contribution in [-0.2, 0) is 21.7 Å². The Hall–Kier alpha value is -5.92. The van der Waals surface area contributed by atoms with Gasteiger partial charge in [0.25, 0.3) is 11.8 Å². The van der Waals surface area contributed by atoms with Gasteiger partial charge in [-0.3, -0.25) is 24.1 Å². The van der Waals surface area contributed by atoms with Crippen LogP contribution in [-0.4, -0.2) is 57.7 Å². The Morgan fingerprint density at radius 2 is 1.49 bits per heavy atom. The number of ether oxygens (including phenoxy) is 2. The van der Waals surface area contributed by atoms with Crippen LogP contribution in [0.2, 0.25) is 18.6 Å². The van der Waals surface area contributed by atoms with Crippen molar-refractivity contribution >= 4 is 42.9 Å². The van der Waals surface area contributed by atoms with Gasteiger partial charge in [0.15, 0.2) is 19.7 Å². The first kappa shape index (κ1) is 36.7. The van der Waals surface area contributed by atoms with Gasteiger partial charge in [0.1, 0.15) is 5.75 Å². The fourth-order valence-electron chi connectivity index (χ4n) is 9.20. The summed E-state index contributed by atoms with van der Waals surface area (Å²) in [6, 6.07) is 39.5. The lowest BCUT2D eigenvalue weighted by Gasteiger charge is -2.32. The molecule has 0 radical (unpaired) electrons. The average Bonchev–Trinajstić information content (AvgIpc) is 3.85. The Labute approximate surface area is 331 Å². The summed E-state index contributed by atoms with van der Waals surface area (Å²) in [5.74, 6) is -0.290. The van der Waals surface area contributed by atoms with E-state index in [1.54, 1.807) is 26.6 Å². The maximum Gasteiger partial charge on any atom is 0.268 e. The summed E-state index contributed by atoms with van der Waals surface area (Å²) in [6.45, 7) is 6.11. The number of benzene rings is 5. The van der Waals surface area contributed by atoms with Gasteiger partial charge in [-0.15, -0.1) is 5.10 Å². The lowest BCUT2D eigenvalue weighted by molar-refractivity contribution is -0.145. The second kappa shape index (κ2) is 14.2. The molecule has 1 fully saturated rings. The van der Waals surface area contributed by atoms with Gasteiger partial charge >= 0.3 is 0 Å². The van der Waals surface area contributed by atoms with Crippen molar-refractivity contribution in [3.8, 4) is 11.5 Å². The molecule has 0 saturated carbocycles. The molecule has 2 N–H and O–H groups in total. The number of fused-ring (bicyclic) bond motifs is 4. The maximum absolute atomic E-state index is 15.3. The number of amides is 2. The summed E-state index contributed by atoms with van der Waals surface area (Å²) in [7, 11) is -3.00. The molecule has 11 nitrogen and oxygen atoms in total. The molecule has 1 saturated heterocycles. The molecule has 288 valence electrons.